The molecule has 0 aromatic heterocycles. The fourth-order valence-electron chi connectivity index (χ4n) is 2.20. The molecule has 1 atom stereocenters. The number of carbonyl (C=O) groups excluding carboxylic acids is 1. The van der Waals surface area contributed by atoms with Crippen molar-refractivity contribution in [1.29, 1.82) is 5.26 Å². The van der Waals surface area contributed by atoms with Crippen molar-refractivity contribution >= 4 is 17.5 Å². The molecular formula is C16H22N4O3. The Labute approximate surface area is 136 Å². The van der Waals surface area contributed by atoms with Crippen molar-refractivity contribution < 1.29 is 14.3 Å². The molecule has 7 heteroatoms. The van der Waals surface area contributed by atoms with Crippen molar-refractivity contribution in [2.45, 2.75) is 13.0 Å². The lowest BCUT2D eigenvalue weighted by Crippen LogP contribution is -2.41. The molecular weight excluding hydrogens is 296 g/mol. The first-order valence-electron chi connectivity index (χ1n) is 7.08. The second-order valence-corrected chi connectivity index (χ2v) is 4.72. The second-order valence-electron chi connectivity index (χ2n) is 4.72. The molecule has 23 heavy (non-hydrogen) atoms. The summed E-state index contributed by atoms with van der Waals surface area (Å²) in [7, 11) is 2.80. The Morgan fingerprint density at radius 1 is 1.57 bits per heavy atom. The lowest BCUT2D eigenvalue weighted by molar-refractivity contribution is 0.187. The highest BCUT2D eigenvalue weighted by atomic mass is 16.5. The summed E-state index contributed by atoms with van der Waals surface area (Å²) in [5.74, 6) is 0.679. The van der Waals surface area contributed by atoms with Crippen LogP contribution in [0.4, 0.5) is 16.2 Å². The smallest absolute Gasteiger partial charge is 0.411 e. The third kappa shape index (κ3) is 4.37. The van der Waals surface area contributed by atoms with Gasteiger partial charge in [0.1, 0.15) is 18.4 Å². The highest BCUT2D eigenvalue weighted by molar-refractivity contribution is 5.86. The zero-order valence-corrected chi connectivity index (χ0v) is 13.6. The fraction of sp³-hybridized carbons (Fsp3) is 0.375. The van der Waals surface area contributed by atoms with Crippen LogP contribution in [0.1, 0.15) is 6.92 Å². The average molecular weight is 318 g/mol. The van der Waals surface area contributed by atoms with Crippen molar-refractivity contribution in [3.05, 3.63) is 30.4 Å². The monoisotopic (exact) mass is 318 g/mol. The summed E-state index contributed by atoms with van der Waals surface area (Å²) in [4.78, 5) is 13.2. The third-order valence-corrected chi connectivity index (χ3v) is 3.19. The van der Waals surface area contributed by atoms with E-state index in [9.17, 15) is 10.1 Å². The maximum Gasteiger partial charge on any atom is 0.411 e. The molecule has 7 nitrogen and oxygen atoms in total. The maximum atomic E-state index is 11.3. The zero-order chi connectivity index (χ0) is 17.4. The van der Waals surface area contributed by atoms with Gasteiger partial charge < -0.3 is 20.1 Å². The number of amides is 1. The molecule has 1 unspecified atom stereocenters. The Morgan fingerprint density at radius 2 is 2.26 bits per heavy atom. The third-order valence-electron chi connectivity index (χ3n) is 3.19. The number of nitrogens with two attached hydrogens (primary N) is 1. The van der Waals surface area contributed by atoms with Gasteiger partial charge >= 0.3 is 6.09 Å². The summed E-state index contributed by atoms with van der Waals surface area (Å²) in [6.45, 7) is 6.77. The molecule has 1 amide bonds. The van der Waals surface area contributed by atoms with E-state index >= 15 is 0 Å². The van der Waals surface area contributed by atoms with Crippen molar-refractivity contribution in [3.8, 4) is 11.8 Å². The maximum absolute atomic E-state index is 11.3. The molecule has 0 saturated heterocycles. The lowest BCUT2D eigenvalue weighted by atomic mass is 10.1. The molecule has 1 aromatic carbocycles. The summed E-state index contributed by atoms with van der Waals surface area (Å²) in [6, 6.07) is 7.06. The number of hydrogen-bond donors (Lipinski definition) is 2. The molecule has 0 aliphatic carbocycles. The van der Waals surface area contributed by atoms with Crippen LogP contribution in [0.25, 0.3) is 0 Å². The summed E-state index contributed by atoms with van der Waals surface area (Å²) < 4.78 is 10.2. The Bertz CT molecular complexity index is 610. The van der Waals surface area contributed by atoms with E-state index in [-0.39, 0.29) is 0 Å². The fourth-order valence-corrected chi connectivity index (χ4v) is 2.20. The van der Waals surface area contributed by atoms with E-state index in [2.05, 4.69) is 28.4 Å². The SMILES string of the molecule is C=C(C)C(C#N)N1CCOc2ccc(NC(=O)OC)cc21.CN. The molecule has 1 aromatic rings. The Balaban J connectivity index is 0.00000127. The van der Waals surface area contributed by atoms with Crippen LogP contribution in [0.2, 0.25) is 0 Å². The van der Waals surface area contributed by atoms with E-state index in [4.69, 9.17) is 4.74 Å². The van der Waals surface area contributed by atoms with E-state index < -0.39 is 12.1 Å². The number of nitrogens with one attached hydrogen (secondary N) is 1. The molecule has 1 aliphatic heterocycles. The number of hydrogen-bond acceptors (Lipinski definition) is 6. The number of methoxy groups -OCH3 is 1. The number of anilines is 2. The van der Waals surface area contributed by atoms with Crippen LogP contribution >= 0.6 is 0 Å². The molecule has 1 heterocycles. The number of ether oxygens (including phenoxy) is 2. The molecule has 0 saturated carbocycles. The first-order chi connectivity index (χ1) is 11.1. The molecule has 2 rings (SSSR count). The van der Waals surface area contributed by atoms with Crippen LogP contribution in [-0.2, 0) is 4.74 Å². The van der Waals surface area contributed by atoms with Crippen LogP contribution in [0, 0.1) is 11.3 Å². The predicted molar refractivity (Wildman–Crippen MR) is 89.6 cm³/mol. The number of rotatable bonds is 3. The number of benzene rings is 1. The number of nitrogens with zero attached hydrogens (tertiary/aromatic N) is 2. The van der Waals surface area contributed by atoms with Crippen LogP contribution in [-0.4, -0.2) is 39.4 Å². The molecule has 0 spiro atoms. The quantitative estimate of drug-likeness (QED) is 0.828. The number of fused-ring (bicyclic) bond motifs is 1. The first-order valence-corrected chi connectivity index (χ1v) is 7.08. The number of carbonyl (C=O) groups is 1. The molecule has 1 aliphatic rings. The lowest BCUT2D eigenvalue weighted by Gasteiger charge is -2.35. The van der Waals surface area contributed by atoms with Gasteiger partial charge in [-0.2, -0.15) is 5.26 Å². The number of nitriles is 1. The zero-order valence-electron chi connectivity index (χ0n) is 13.6. The summed E-state index contributed by atoms with van der Waals surface area (Å²) in [5, 5.41) is 11.9. The standard InChI is InChI=1S/C15H17N3O3.CH5N/c1-10(2)13(9-16)18-6-7-21-14-5-4-11(8-12(14)18)17-15(19)20-3;1-2/h4-5,8,13H,1,6-7H2,2-3H3,(H,17,19);2H2,1H3. The van der Waals surface area contributed by atoms with Gasteiger partial charge in [0.2, 0.25) is 0 Å². The van der Waals surface area contributed by atoms with Crippen molar-refractivity contribution in [2.24, 2.45) is 5.73 Å². The molecule has 0 bridgehead atoms. The Morgan fingerprint density at radius 3 is 2.83 bits per heavy atom. The summed E-state index contributed by atoms with van der Waals surface area (Å²) in [5.41, 5.74) is 6.59. The van der Waals surface area contributed by atoms with E-state index in [0.717, 1.165) is 11.3 Å². The normalized spacial score (nSPS) is 13.3. The van der Waals surface area contributed by atoms with E-state index in [1.54, 1.807) is 18.2 Å². The largest absolute Gasteiger partial charge is 0.490 e. The molecule has 0 radical (unpaired) electrons. The molecule has 3 N–H and O–H groups in total. The molecule has 124 valence electrons. The summed E-state index contributed by atoms with van der Waals surface area (Å²) >= 11 is 0. The highest BCUT2D eigenvalue weighted by Gasteiger charge is 2.26. The second kappa shape index (κ2) is 8.66. The minimum Gasteiger partial charge on any atom is -0.490 e. The van der Waals surface area contributed by atoms with Gasteiger partial charge in [-0.15, -0.1) is 0 Å². The van der Waals surface area contributed by atoms with E-state index in [1.807, 2.05) is 11.8 Å². The minimum atomic E-state index is -0.546. The topological polar surface area (TPSA) is 101 Å². The highest BCUT2D eigenvalue weighted by Crippen LogP contribution is 2.36. The van der Waals surface area contributed by atoms with Gasteiger partial charge in [-0.25, -0.2) is 4.79 Å². The van der Waals surface area contributed by atoms with Crippen molar-refractivity contribution in [3.63, 3.8) is 0 Å². The van der Waals surface area contributed by atoms with Gasteiger partial charge in [0.05, 0.1) is 25.4 Å². The first kappa shape index (κ1) is 18.3. The van der Waals surface area contributed by atoms with Gasteiger partial charge in [0, 0.05) is 5.69 Å². The Kier molecular flexibility index (Phi) is 6.90. The summed E-state index contributed by atoms with van der Waals surface area (Å²) in [6.07, 6.45) is -0.546. The van der Waals surface area contributed by atoms with Gasteiger partial charge in [-0.1, -0.05) is 6.58 Å². The van der Waals surface area contributed by atoms with Gasteiger partial charge in [-0.05, 0) is 37.7 Å². The van der Waals surface area contributed by atoms with Gasteiger partial charge in [0.15, 0.2) is 0 Å². The van der Waals surface area contributed by atoms with E-state index in [0.29, 0.717) is 24.6 Å². The van der Waals surface area contributed by atoms with Crippen molar-refractivity contribution in [1.82, 2.24) is 0 Å². The van der Waals surface area contributed by atoms with Crippen LogP contribution in [0.15, 0.2) is 30.4 Å². The van der Waals surface area contributed by atoms with Gasteiger partial charge in [0.25, 0.3) is 0 Å². The van der Waals surface area contributed by atoms with Crippen LogP contribution in [0.5, 0.6) is 5.75 Å². The van der Waals surface area contributed by atoms with E-state index in [1.165, 1.54) is 14.2 Å². The minimum absolute atomic E-state index is 0.430. The van der Waals surface area contributed by atoms with Crippen LogP contribution < -0.4 is 20.7 Å². The average Bonchev–Trinajstić information content (AvgIpc) is 2.57. The van der Waals surface area contributed by atoms with Crippen LogP contribution in [0.3, 0.4) is 0 Å². The Hall–Kier alpha value is -2.72. The van der Waals surface area contributed by atoms with Crippen molar-refractivity contribution in [2.75, 3.05) is 37.5 Å². The predicted octanol–water partition coefficient (Wildman–Crippen LogP) is 2.11. The molecule has 0 fully saturated rings. The van der Waals surface area contributed by atoms with Gasteiger partial charge in [-0.3, -0.25) is 5.32 Å².